The van der Waals surface area contributed by atoms with E-state index in [-0.39, 0.29) is 11.4 Å². The molecule has 0 radical (unpaired) electrons. The first-order valence-electron chi connectivity index (χ1n) is 6.31. The Kier molecular flexibility index (Phi) is 5.38. The first kappa shape index (κ1) is 17.4. The highest BCUT2D eigenvalue weighted by atomic mass is 35.5. The second-order valence-corrected chi connectivity index (χ2v) is 5.29. The highest BCUT2D eigenvalue weighted by Gasteiger charge is 2.31. The van der Waals surface area contributed by atoms with Crippen molar-refractivity contribution < 1.29 is 22.7 Å². The second kappa shape index (κ2) is 7.10. The zero-order valence-electron chi connectivity index (χ0n) is 11.4. The molecule has 23 heavy (non-hydrogen) atoms. The number of rotatable bonds is 4. The Morgan fingerprint density at radius 2 is 1.70 bits per heavy atom. The van der Waals surface area contributed by atoms with Crippen LogP contribution in [0.1, 0.15) is 10.9 Å². The number of halogens is 5. The molecule has 0 fully saturated rings. The molecule has 0 saturated heterocycles. The molecule has 0 heterocycles. The van der Waals surface area contributed by atoms with Crippen molar-refractivity contribution in [2.45, 2.75) is 11.7 Å². The summed E-state index contributed by atoms with van der Waals surface area (Å²) in [7, 11) is 0. The minimum atomic E-state index is -4.77. The third kappa shape index (κ3) is 5.04. The lowest BCUT2D eigenvalue weighted by molar-refractivity contribution is -0.274. The van der Waals surface area contributed by atoms with E-state index in [0.717, 1.165) is 12.1 Å². The lowest BCUT2D eigenvalue weighted by atomic mass is 10.1. The van der Waals surface area contributed by atoms with Gasteiger partial charge in [-0.3, -0.25) is 4.79 Å². The minimum absolute atomic E-state index is 0.280. The normalized spacial score (nSPS) is 12.6. The lowest BCUT2D eigenvalue weighted by Gasteiger charge is -2.13. The van der Waals surface area contributed by atoms with Crippen molar-refractivity contribution in [3.63, 3.8) is 0 Å². The standard InChI is InChI=1S/C15H10Cl2F3NO2/c16-12-4-2-1-3-11(12)13(17)14(22)21-9-5-7-10(8-6-9)23-15(18,19)20/h1-8,13H,(H,21,22)/t13-/m0/s1. The summed E-state index contributed by atoms with van der Waals surface area (Å²) in [4.78, 5) is 12.1. The van der Waals surface area contributed by atoms with Crippen molar-refractivity contribution in [2.75, 3.05) is 5.32 Å². The molecule has 0 aromatic heterocycles. The van der Waals surface area contributed by atoms with Crippen LogP contribution in [-0.2, 0) is 4.79 Å². The Balaban J connectivity index is 2.04. The Morgan fingerprint density at radius 1 is 1.09 bits per heavy atom. The summed E-state index contributed by atoms with van der Waals surface area (Å²) in [5.74, 6) is -0.937. The van der Waals surface area contributed by atoms with Gasteiger partial charge in [0.05, 0.1) is 0 Å². The molecule has 2 aromatic rings. The number of carbonyl (C=O) groups is 1. The Hall–Kier alpha value is -1.92. The van der Waals surface area contributed by atoms with Crippen LogP contribution in [0.3, 0.4) is 0 Å². The summed E-state index contributed by atoms with van der Waals surface area (Å²) >= 11 is 12.0. The topological polar surface area (TPSA) is 38.3 Å². The molecule has 122 valence electrons. The highest BCUT2D eigenvalue weighted by molar-refractivity contribution is 6.36. The molecule has 8 heteroatoms. The van der Waals surface area contributed by atoms with Gasteiger partial charge in [0.2, 0.25) is 5.91 Å². The summed E-state index contributed by atoms with van der Waals surface area (Å²) in [6.07, 6.45) is -4.77. The van der Waals surface area contributed by atoms with Gasteiger partial charge in [-0.15, -0.1) is 24.8 Å². The number of alkyl halides is 4. The number of nitrogens with one attached hydrogen (secondary N) is 1. The second-order valence-electron chi connectivity index (χ2n) is 4.45. The summed E-state index contributed by atoms with van der Waals surface area (Å²) in [5, 5.41) is 1.80. The fraction of sp³-hybridized carbons (Fsp3) is 0.133. The van der Waals surface area contributed by atoms with Gasteiger partial charge in [-0.1, -0.05) is 29.8 Å². The molecule has 2 aromatic carbocycles. The van der Waals surface area contributed by atoms with E-state index >= 15 is 0 Å². The lowest BCUT2D eigenvalue weighted by Crippen LogP contribution is -2.18. The Morgan fingerprint density at radius 3 is 2.26 bits per heavy atom. The van der Waals surface area contributed by atoms with E-state index in [4.69, 9.17) is 23.2 Å². The van der Waals surface area contributed by atoms with Crippen LogP contribution in [0, 0.1) is 0 Å². The Bertz CT molecular complexity index is 690. The molecule has 0 aliphatic carbocycles. The average Bonchev–Trinajstić information content (AvgIpc) is 2.47. The number of amides is 1. The molecule has 0 aliphatic heterocycles. The van der Waals surface area contributed by atoms with Crippen molar-refractivity contribution in [1.29, 1.82) is 0 Å². The van der Waals surface area contributed by atoms with E-state index in [1.54, 1.807) is 24.3 Å². The molecule has 0 spiro atoms. The van der Waals surface area contributed by atoms with Gasteiger partial charge in [-0.25, -0.2) is 0 Å². The van der Waals surface area contributed by atoms with Crippen LogP contribution in [0.4, 0.5) is 18.9 Å². The summed E-state index contributed by atoms with van der Waals surface area (Å²) in [6.45, 7) is 0. The van der Waals surface area contributed by atoms with Gasteiger partial charge in [-0.2, -0.15) is 0 Å². The number of carbonyl (C=O) groups excluding carboxylic acids is 1. The van der Waals surface area contributed by atoms with E-state index < -0.39 is 17.6 Å². The van der Waals surface area contributed by atoms with E-state index in [1.807, 2.05) is 0 Å². The van der Waals surface area contributed by atoms with Crippen LogP contribution in [-0.4, -0.2) is 12.3 Å². The van der Waals surface area contributed by atoms with Crippen molar-refractivity contribution in [2.24, 2.45) is 0 Å². The summed E-state index contributed by atoms with van der Waals surface area (Å²) in [6, 6.07) is 11.3. The number of benzene rings is 2. The molecule has 0 bridgehead atoms. The van der Waals surface area contributed by atoms with Crippen LogP contribution in [0.5, 0.6) is 5.75 Å². The van der Waals surface area contributed by atoms with Crippen molar-refractivity contribution in [1.82, 2.24) is 0 Å². The maximum atomic E-state index is 12.1. The molecule has 1 amide bonds. The first-order chi connectivity index (χ1) is 10.8. The van der Waals surface area contributed by atoms with Crippen molar-refractivity contribution in [3.8, 4) is 5.75 Å². The molecule has 0 unspecified atom stereocenters. The number of ether oxygens (including phenoxy) is 1. The van der Waals surface area contributed by atoms with Gasteiger partial charge >= 0.3 is 6.36 Å². The predicted molar refractivity (Wildman–Crippen MR) is 81.8 cm³/mol. The highest BCUT2D eigenvalue weighted by Crippen LogP contribution is 2.29. The van der Waals surface area contributed by atoms with Crippen molar-refractivity contribution in [3.05, 3.63) is 59.1 Å². The predicted octanol–water partition coefficient (Wildman–Crippen LogP) is 5.16. The maximum absolute atomic E-state index is 12.1. The quantitative estimate of drug-likeness (QED) is 0.762. The van der Waals surface area contributed by atoms with Crippen molar-refractivity contribution >= 4 is 34.8 Å². The molecule has 0 aliphatic rings. The smallest absolute Gasteiger partial charge is 0.406 e. The molecule has 0 saturated carbocycles. The SMILES string of the molecule is O=C(Nc1ccc(OC(F)(F)F)cc1)[C@@H](Cl)c1ccccc1Cl. The van der Waals surface area contributed by atoms with E-state index in [0.29, 0.717) is 10.6 Å². The minimum Gasteiger partial charge on any atom is -0.406 e. The van der Waals surface area contributed by atoms with E-state index in [9.17, 15) is 18.0 Å². The molecule has 3 nitrogen and oxygen atoms in total. The average molecular weight is 364 g/mol. The zero-order chi connectivity index (χ0) is 17.0. The van der Waals surface area contributed by atoms with Crippen LogP contribution in [0.25, 0.3) is 0 Å². The first-order valence-corrected chi connectivity index (χ1v) is 7.13. The largest absolute Gasteiger partial charge is 0.573 e. The fourth-order valence-electron chi connectivity index (χ4n) is 1.77. The monoisotopic (exact) mass is 363 g/mol. The molecule has 2 rings (SSSR count). The number of hydrogen-bond donors (Lipinski definition) is 1. The van der Waals surface area contributed by atoms with Crippen LogP contribution in [0.2, 0.25) is 5.02 Å². The van der Waals surface area contributed by atoms with Gasteiger partial charge in [0.1, 0.15) is 11.1 Å². The Labute approximate surface area is 140 Å². The van der Waals surface area contributed by atoms with Gasteiger partial charge in [0.25, 0.3) is 0 Å². The van der Waals surface area contributed by atoms with Gasteiger partial charge in [0, 0.05) is 10.7 Å². The molecule has 1 N–H and O–H groups in total. The number of anilines is 1. The van der Waals surface area contributed by atoms with E-state index in [1.165, 1.54) is 12.1 Å². The molecular formula is C15H10Cl2F3NO2. The molecular weight excluding hydrogens is 354 g/mol. The molecule has 1 atom stereocenters. The van der Waals surface area contributed by atoms with Crippen LogP contribution < -0.4 is 10.1 Å². The summed E-state index contributed by atoms with van der Waals surface area (Å²) in [5.41, 5.74) is 0.715. The summed E-state index contributed by atoms with van der Waals surface area (Å²) < 4.78 is 39.9. The van der Waals surface area contributed by atoms with E-state index in [2.05, 4.69) is 10.1 Å². The zero-order valence-corrected chi connectivity index (χ0v) is 12.9. The van der Waals surface area contributed by atoms with Crippen LogP contribution in [0.15, 0.2) is 48.5 Å². The fourth-order valence-corrected chi connectivity index (χ4v) is 2.31. The number of hydrogen-bond acceptors (Lipinski definition) is 2. The third-order valence-electron chi connectivity index (χ3n) is 2.76. The van der Waals surface area contributed by atoms with Gasteiger partial charge < -0.3 is 10.1 Å². The van der Waals surface area contributed by atoms with Crippen LogP contribution >= 0.6 is 23.2 Å². The van der Waals surface area contributed by atoms with Gasteiger partial charge in [0.15, 0.2) is 0 Å². The van der Waals surface area contributed by atoms with Gasteiger partial charge in [-0.05, 0) is 35.9 Å². The maximum Gasteiger partial charge on any atom is 0.573 e. The third-order valence-corrected chi connectivity index (χ3v) is 3.54.